The lowest BCUT2D eigenvalue weighted by atomic mass is 9.83. The summed E-state index contributed by atoms with van der Waals surface area (Å²) in [4.78, 5) is 12.2. The number of aryl methyl sites for hydroxylation is 1. The van der Waals surface area contributed by atoms with Crippen LogP contribution in [0.5, 0.6) is 0 Å². The third-order valence-corrected chi connectivity index (χ3v) is 3.86. The monoisotopic (exact) mass is 250 g/mol. The molecule has 0 bridgehead atoms. The first-order valence-electron chi connectivity index (χ1n) is 6.63. The summed E-state index contributed by atoms with van der Waals surface area (Å²) >= 11 is 0. The van der Waals surface area contributed by atoms with E-state index in [1.54, 1.807) is 4.68 Å². The van der Waals surface area contributed by atoms with Crippen molar-refractivity contribution in [1.29, 1.82) is 0 Å². The third kappa shape index (κ3) is 2.72. The Morgan fingerprint density at radius 3 is 3.06 bits per heavy atom. The molecule has 1 aromatic heterocycles. The quantitative estimate of drug-likeness (QED) is 0.798. The molecule has 0 aromatic carbocycles. The van der Waals surface area contributed by atoms with Gasteiger partial charge in [0.15, 0.2) is 0 Å². The highest BCUT2D eigenvalue weighted by Crippen LogP contribution is 2.29. The highest BCUT2D eigenvalue weighted by atomic mass is 16.2. The minimum absolute atomic E-state index is 0.186. The topological polar surface area (TPSA) is 59.0 Å². The number of hydrogen-bond donors (Lipinski definition) is 2. The summed E-state index contributed by atoms with van der Waals surface area (Å²) in [5, 5.41) is 10.5. The maximum absolute atomic E-state index is 12.2. The molecule has 0 aliphatic carbocycles. The summed E-state index contributed by atoms with van der Waals surface area (Å²) in [7, 11) is 1.90. The van der Waals surface area contributed by atoms with Crippen molar-refractivity contribution < 1.29 is 4.79 Å². The first-order chi connectivity index (χ1) is 8.66. The predicted molar refractivity (Wildman–Crippen MR) is 70.1 cm³/mol. The summed E-state index contributed by atoms with van der Waals surface area (Å²) in [6, 6.07) is 0. The fraction of sp³-hybridized carbons (Fsp3) is 0.692. The number of rotatable bonds is 5. The molecule has 2 heterocycles. The summed E-state index contributed by atoms with van der Waals surface area (Å²) in [5.41, 5.74) is 0.975. The molecule has 1 atom stereocenters. The van der Waals surface area contributed by atoms with Gasteiger partial charge >= 0.3 is 0 Å². The summed E-state index contributed by atoms with van der Waals surface area (Å²) in [6.07, 6.45) is 6.52. The Morgan fingerprint density at radius 1 is 1.67 bits per heavy atom. The maximum Gasteiger partial charge on any atom is 0.227 e. The van der Waals surface area contributed by atoms with E-state index in [-0.39, 0.29) is 11.3 Å². The van der Waals surface area contributed by atoms with Crippen molar-refractivity contribution in [2.75, 3.05) is 19.6 Å². The molecular formula is C13H22N4O. The Balaban J connectivity index is 1.81. The van der Waals surface area contributed by atoms with Gasteiger partial charge in [0, 0.05) is 26.3 Å². The second-order valence-corrected chi connectivity index (χ2v) is 5.09. The first kappa shape index (κ1) is 13.1. The summed E-state index contributed by atoms with van der Waals surface area (Å²) in [5.74, 6) is 0.193. The molecule has 2 rings (SSSR count). The third-order valence-electron chi connectivity index (χ3n) is 3.86. The van der Waals surface area contributed by atoms with E-state index in [9.17, 15) is 4.79 Å². The van der Waals surface area contributed by atoms with Gasteiger partial charge in [0.05, 0.1) is 11.6 Å². The zero-order chi connectivity index (χ0) is 13.0. The van der Waals surface area contributed by atoms with Crippen LogP contribution >= 0.6 is 0 Å². The number of amides is 1. The fourth-order valence-corrected chi connectivity index (χ4v) is 2.51. The van der Waals surface area contributed by atoms with Gasteiger partial charge in [-0.2, -0.15) is 5.10 Å². The van der Waals surface area contributed by atoms with Crippen LogP contribution in [0, 0.1) is 5.41 Å². The van der Waals surface area contributed by atoms with Crippen LogP contribution in [0.25, 0.3) is 0 Å². The summed E-state index contributed by atoms with van der Waals surface area (Å²) in [6.45, 7) is 4.53. The predicted octanol–water partition coefficient (Wildman–Crippen LogP) is 0.468. The molecule has 2 N–H and O–H groups in total. The van der Waals surface area contributed by atoms with Gasteiger partial charge in [0.25, 0.3) is 0 Å². The molecule has 1 aromatic rings. The van der Waals surface area contributed by atoms with E-state index < -0.39 is 0 Å². The zero-order valence-corrected chi connectivity index (χ0v) is 11.2. The van der Waals surface area contributed by atoms with Crippen molar-refractivity contribution in [3.8, 4) is 0 Å². The number of carbonyl (C=O) groups is 1. The smallest absolute Gasteiger partial charge is 0.227 e. The average Bonchev–Trinajstić information content (AvgIpc) is 2.99. The molecule has 5 heteroatoms. The van der Waals surface area contributed by atoms with Gasteiger partial charge in [-0.15, -0.1) is 0 Å². The molecule has 100 valence electrons. The Kier molecular flexibility index (Phi) is 4.01. The number of nitrogens with zero attached hydrogens (tertiary/aromatic N) is 2. The highest BCUT2D eigenvalue weighted by molar-refractivity contribution is 5.83. The highest BCUT2D eigenvalue weighted by Gasteiger charge is 2.38. The Labute approximate surface area is 108 Å². The molecule has 1 fully saturated rings. The number of hydrogen-bond acceptors (Lipinski definition) is 3. The normalized spacial score (nSPS) is 23.2. The van der Waals surface area contributed by atoms with Crippen LogP contribution in [-0.2, 0) is 18.3 Å². The van der Waals surface area contributed by atoms with Crippen LogP contribution in [0.15, 0.2) is 12.4 Å². The molecule has 18 heavy (non-hydrogen) atoms. The average molecular weight is 250 g/mol. The van der Waals surface area contributed by atoms with E-state index in [4.69, 9.17) is 0 Å². The van der Waals surface area contributed by atoms with Crippen LogP contribution in [0.4, 0.5) is 0 Å². The molecule has 0 radical (unpaired) electrons. The van der Waals surface area contributed by atoms with Crippen LogP contribution in [-0.4, -0.2) is 35.3 Å². The van der Waals surface area contributed by atoms with E-state index in [0.717, 1.165) is 37.9 Å². The van der Waals surface area contributed by atoms with Crippen LogP contribution in [0.2, 0.25) is 0 Å². The molecule has 1 unspecified atom stereocenters. The molecule has 0 saturated carbocycles. The van der Waals surface area contributed by atoms with E-state index in [1.165, 1.54) is 0 Å². The van der Waals surface area contributed by atoms with E-state index in [1.807, 2.05) is 19.4 Å². The van der Waals surface area contributed by atoms with Gasteiger partial charge in [0.1, 0.15) is 0 Å². The molecule has 1 saturated heterocycles. The number of nitrogens with one attached hydrogen (secondary N) is 2. The van der Waals surface area contributed by atoms with Crippen molar-refractivity contribution in [2.45, 2.75) is 26.2 Å². The lowest BCUT2D eigenvalue weighted by Crippen LogP contribution is -2.42. The Hall–Kier alpha value is -1.36. The Bertz CT molecular complexity index is 407. The SMILES string of the molecule is CCC1(C(=O)NCCc2cnn(C)c2)CCNC1. The van der Waals surface area contributed by atoms with E-state index in [0.29, 0.717) is 6.54 Å². The molecule has 1 aliphatic rings. The van der Waals surface area contributed by atoms with E-state index in [2.05, 4.69) is 22.7 Å². The van der Waals surface area contributed by atoms with Crippen molar-refractivity contribution in [1.82, 2.24) is 20.4 Å². The number of carbonyl (C=O) groups excluding carboxylic acids is 1. The zero-order valence-electron chi connectivity index (χ0n) is 11.2. The standard InChI is InChI=1S/C13H22N4O/c1-3-13(5-7-14-10-13)12(18)15-6-4-11-8-16-17(2)9-11/h8-9,14H,3-7,10H2,1-2H3,(H,15,18). The molecule has 0 spiro atoms. The van der Waals surface area contributed by atoms with Crippen molar-refractivity contribution in [3.05, 3.63) is 18.0 Å². The van der Waals surface area contributed by atoms with Crippen molar-refractivity contribution in [2.24, 2.45) is 12.5 Å². The molecule has 1 aliphatic heterocycles. The van der Waals surface area contributed by atoms with Gasteiger partial charge in [0.2, 0.25) is 5.91 Å². The second kappa shape index (κ2) is 5.52. The van der Waals surface area contributed by atoms with Gasteiger partial charge in [-0.1, -0.05) is 6.92 Å². The minimum Gasteiger partial charge on any atom is -0.355 e. The van der Waals surface area contributed by atoms with Gasteiger partial charge in [-0.25, -0.2) is 0 Å². The maximum atomic E-state index is 12.2. The lowest BCUT2D eigenvalue weighted by Gasteiger charge is -2.25. The van der Waals surface area contributed by atoms with Crippen molar-refractivity contribution >= 4 is 5.91 Å². The molecular weight excluding hydrogens is 228 g/mol. The molecule has 1 amide bonds. The minimum atomic E-state index is -0.186. The van der Waals surface area contributed by atoms with Gasteiger partial charge in [-0.3, -0.25) is 9.48 Å². The fourth-order valence-electron chi connectivity index (χ4n) is 2.51. The van der Waals surface area contributed by atoms with E-state index >= 15 is 0 Å². The molecule has 5 nitrogen and oxygen atoms in total. The second-order valence-electron chi connectivity index (χ2n) is 5.09. The van der Waals surface area contributed by atoms with Crippen LogP contribution < -0.4 is 10.6 Å². The largest absolute Gasteiger partial charge is 0.355 e. The lowest BCUT2D eigenvalue weighted by molar-refractivity contribution is -0.130. The summed E-state index contributed by atoms with van der Waals surface area (Å²) < 4.78 is 1.78. The Morgan fingerprint density at radius 2 is 2.50 bits per heavy atom. The van der Waals surface area contributed by atoms with Gasteiger partial charge < -0.3 is 10.6 Å². The van der Waals surface area contributed by atoms with Crippen LogP contribution in [0.3, 0.4) is 0 Å². The first-order valence-corrected chi connectivity index (χ1v) is 6.63. The van der Waals surface area contributed by atoms with Crippen LogP contribution in [0.1, 0.15) is 25.3 Å². The van der Waals surface area contributed by atoms with Gasteiger partial charge in [-0.05, 0) is 31.4 Å². The number of aromatic nitrogens is 2. The van der Waals surface area contributed by atoms with Crippen molar-refractivity contribution in [3.63, 3.8) is 0 Å².